The van der Waals surface area contributed by atoms with E-state index in [1.54, 1.807) is 11.3 Å². The maximum Gasteiger partial charge on any atom is 0.164 e. The van der Waals surface area contributed by atoms with Crippen LogP contribution in [0.2, 0.25) is 0 Å². The van der Waals surface area contributed by atoms with Crippen LogP contribution in [0.3, 0.4) is 0 Å². The van der Waals surface area contributed by atoms with Crippen molar-refractivity contribution >= 4 is 53.1 Å². The van der Waals surface area contributed by atoms with Crippen LogP contribution in [0.5, 0.6) is 0 Å². The smallest absolute Gasteiger partial charge is 0.164 e. The van der Waals surface area contributed by atoms with Gasteiger partial charge in [-0.1, -0.05) is 121 Å². The summed E-state index contributed by atoms with van der Waals surface area (Å²) in [6, 6.07) is 53.4. The zero-order valence-corrected chi connectivity index (χ0v) is 25.0. The molecule has 0 saturated heterocycles. The van der Waals surface area contributed by atoms with Crippen LogP contribution < -0.4 is 0 Å². The number of fused-ring (bicyclic) bond motifs is 5. The van der Waals surface area contributed by atoms with Crippen molar-refractivity contribution in [1.82, 2.24) is 15.0 Å². The first kappa shape index (κ1) is 25.8. The molecule has 45 heavy (non-hydrogen) atoms. The van der Waals surface area contributed by atoms with Gasteiger partial charge in [0.05, 0.1) is 0 Å². The van der Waals surface area contributed by atoms with Crippen LogP contribution in [0.4, 0.5) is 0 Å². The molecule has 0 amide bonds. The van der Waals surface area contributed by atoms with Crippen LogP contribution >= 0.6 is 11.3 Å². The standard InChI is InChI=1S/C41H25N3S/c1-2-9-26(10-3-1)29-18-19-31-25-33(22-20-30(31)23-29)40-42-39(32-21-17-27-11-4-5-12-28(27)24-32)43-41(44-40)35-14-8-16-37-38(35)34-13-6-7-15-36(34)45-37/h1-25H. The molecular weight excluding hydrogens is 567 g/mol. The Morgan fingerprint density at radius 2 is 0.911 bits per heavy atom. The van der Waals surface area contributed by atoms with E-state index in [9.17, 15) is 0 Å². The lowest BCUT2D eigenvalue weighted by Crippen LogP contribution is -2.00. The van der Waals surface area contributed by atoms with Gasteiger partial charge >= 0.3 is 0 Å². The summed E-state index contributed by atoms with van der Waals surface area (Å²) in [5, 5.41) is 7.08. The Kier molecular flexibility index (Phi) is 6.00. The maximum absolute atomic E-state index is 5.15. The van der Waals surface area contributed by atoms with E-state index in [-0.39, 0.29) is 0 Å². The highest BCUT2D eigenvalue weighted by molar-refractivity contribution is 7.25. The average molecular weight is 592 g/mol. The minimum absolute atomic E-state index is 0.661. The molecular formula is C41H25N3S. The summed E-state index contributed by atoms with van der Waals surface area (Å²) in [7, 11) is 0. The molecule has 2 heterocycles. The predicted octanol–water partition coefficient (Wildman–Crippen LogP) is 11.2. The van der Waals surface area contributed by atoms with E-state index >= 15 is 0 Å². The summed E-state index contributed by atoms with van der Waals surface area (Å²) in [5.41, 5.74) is 5.36. The second-order valence-electron chi connectivity index (χ2n) is 11.3. The highest BCUT2D eigenvalue weighted by atomic mass is 32.1. The molecule has 0 saturated carbocycles. The predicted molar refractivity (Wildman–Crippen MR) is 189 cm³/mol. The highest BCUT2D eigenvalue weighted by Crippen LogP contribution is 2.40. The van der Waals surface area contributed by atoms with Gasteiger partial charge in [-0.05, 0) is 63.0 Å². The van der Waals surface area contributed by atoms with Crippen LogP contribution in [-0.4, -0.2) is 15.0 Å². The molecule has 9 rings (SSSR count). The zero-order valence-electron chi connectivity index (χ0n) is 24.2. The van der Waals surface area contributed by atoms with Gasteiger partial charge in [-0.2, -0.15) is 0 Å². The van der Waals surface area contributed by atoms with Crippen molar-refractivity contribution in [2.45, 2.75) is 0 Å². The topological polar surface area (TPSA) is 38.7 Å². The summed E-state index contributed by atoms with van der Waals surface area (Å²) in [6.07, 6.45) is 0. The first-order valence-electron chi connectivity index (χ1n) is 15.0. The molecule has 0 fully saturated rings. The molecule has 2 aromatic heterocycles. The number of thiophene rings is 1. The minimum Gasteiger partial charge on any atom is -0.208 e. The number of benzene rings is 7. The summed E-state index contributed by atoms with van der Waals surface area (Å²) in [5.74, 6) is 2.00. The molecule has 0 radical (unpaired) electrons. The molecule has 0 aliphatic carbocycles. The van der Waals surface area contributed by atoms with E-state index in [1.165, 1.54) is 42.1 Å². The van der Waals surface area contributed by atoms with Crippen molar-refractivity contribution in [3.63, 3.8) is 0 Å². The first-order valence-corrected chi connectivity index (χ1v) is 15.8. The zero-order chi connectivity index (χ0) is 29.7. The van der Waals surface area contributed by atoms with Crippen LogP contribution in [0.25, 0.3) is 87.0 Å². The van der Waals surface area contributed by atoms with Crippen LogP contribution in [-0.2, 0) is 0 Å². The van der Waals surface area contributed by atoms with Crippen molar-refractivity contribution in [2.75, 3.05) is 0 Å². The fourth-order valence-corrected chi connectivity index (χ4v) is 7.37. The van der Waals surface area contributed by atoms with Gasteiger partial charge in [-0.25, -0.2) is 15.0 Å². The Labute approximate surface area is 264 Å². The molecule has 0 spiro atoms. The second kappa shape index (κ2) is 10.5. The van der Waals surface area contributed by atoms with E-state index in [2.05, 4.69) is 146 Å². The van der Waals surface area contributed by atoms with Gasteiger partial charge in [-0.15, -0.1) is 11.3 Å². The van der Waals surface area contributed by atoms with Gasteiger partial charge in [0.25, 0.3) is 0 Å². The Morgan fingerprint density at radius 3 is 1.69 bits per heavy atom. The van der Waals surface area contributed by atoms with Crippen molar-refractivity contribution in [1.29, 1.82) is 0 Å². The van der Waals surface area contributed by atoms with E-state index in [1.807, 2.05) is 6.07 Å². The number of aromatic nitrogens is 3. The molecule has 0 aliphatic heterocycles. The largest absolute Gasteiger partial charge is 0.208 e. The van der Waals surface area contributed by atoms with Gasteiger partial charge in [0.15, 0.2) is 17.5 Å². The lowest BCUT2D eigenvalue weighted by Gasteiger charge is -2.11. The number of rotatable bonds is 4. The van der Waals surface area contributed by atoms with Crippen LogP contribution in [0.15, 0.2) is 152 Å². The molecule has 4 heteroatoms. The quantitative estimate of drug-likeness (QED) is 0.204. The Hall–Kier alpha value is -5.71. The lowest BCUT2D eigenvalue weighted by atomic mass is 10.00. The Bertz CT molecular complexity index is 2550. The van der Waals surface area contributed by atoms with Crippen molar-refractivity contribution in [3.8, 4) is 45.3 Å². The third-order valence-corrected chi connectivity index (χ3v) is 9.63. The normalized spacial score (nSPS) is 11.6. The third kappa shape index (κ3) is 4.55. The molecule has 0 bridgehead atoms. The fourth-order valence-electron chi connectivity index (χ4n) is 6.24. The molecule has 7 aromatic carbocycles. The third-order valence-electron chi connectivity index (χ3n) is 8.49. The Balaban J connectivity index is 1.25. The van der Waals surface area contributed by atoms with Crippen LogP contribution in [0, 0.1) is 0 Å². The van der Waals surface area contributed by atoms with Gasteiger partial charge in [0, 0.05) is 36.9 Å². The average Bonchev–Trinajstić information content (AvgIpc) is 3.50. The summed E-state index contributed by atoms with van der Waals surface area (Å²) in [6.45, 7) is 0. The van der Waals surface area contributed by atoms with Crippen molar-refractivity contribution < 1.29 is 0 Å². The number of nitrogens with zero attached hydrogens (tertiary/aromatic N) is 3. The lowest BCUT2D eigenvalue weighted by molar-refractivity contribution is 1.08. The van der Waals surface area contributed by atoms with E-state index < -0.39 is 0 Å². The fraction of sp³-hybridized carbons (Fsp3) is 0. The maximum atomic E-state index is 5.15. The van der Waals surface area contributed by atoms with E-state index in [4.69, 9.17) is 15.0 Å². The summed E-state index contributed by atoms with van der Waals surface area (Å²) >= 11 is 1.80. The summed E-state index contributed by atoms with van der Waals surface area (Å²) < 4.78 is 2.48. The monoisotopic (exact) mass is 591 g/mol. The molecule has 9 aromatic rings. The molecule has 3 nitrogen and oxygen atoms in total. The second-order valence-corrected chi connectivity index (χ2v) is 12.4. The molecule has 0 N–H and O–H groups in total. The van der Waals surface area contributed by atoms with Gasteiger partial charge in [0.2, 0.25) is 0 Å². The number of hydrogen-bond donors (Lipinski definition) is 0. The Morgan fingerprint density at radius 1 is 0.356 bits per heavy atom. The first-order chi connectivity index (χ1) is 22.3. The highest BCUT2D eigenvalue weighted by Gasteiger charge is 2.17. The van der Waals surface area contributed by atoms with Crippen molar-refractivity contribution in [3.05, 3.63) is 152 Å². The minimum atomic E-state index is 0.661. The molecule has 210 valence electrons. The van der Waals surface area contributed by atoms with Gasteiger partial charge in [0.1, 0.15) is 0 Å². The van der Waals surface area contributed by atoms with Gasteiger partial charge in [-0.3, -0.25) is 0 Å². The number of hydrogen-bond acceptors (Lipinski definition) is 4. The summed E-state index contributed by atoms with van der Waals surface area (Å²) in [4.78, 5) is 15.4. The van der Waals surface area contributed by atoms with Crippen molar-refractivity contribution in [2.24, 2.45) is 0 Å². The molecule has 0 unspecified atom stereocenters. The van der Waals surface area contributed by atoms with Gasteiger partial charge < -0.3 is 0 Å². The van der Waals surface area contributed by atoms with Crippen LogP contribution in [0.1, 0.15) is 0 Å². The van der Waals surface area contributed by atoms with E-state index in [0.29, 0.717) is 17.5 Å². The van der Waals surface area contributed by atoms with E-state index in [0.717, 1.165) is 27.5 Å². The molecule has 0 aliphatic rings. The SMILES string of the molecule is c1ccc(-c2ccc3cc(-c4nc(-c5ccc6ccccc6c5)nc(-c5cccc6sc7ccccc7c56)n4)ccc3c2)cc1. The molecule has 0 atom stereocenters.